The number of amides is 1. The third kappa shape index (κ3) is 4.86. The van der Waals surface area contributed by atoms with Gasteiger partial charge in [-0.3, -0.25) is 19.4 Å². The van der Waals surface area contributed by atoms with Gasteiger partial charge in [0.1, 0.15) is 0 Å². The van der Waals surface area contributed by atoms with E-state index in [2.05, 4.69) is 12.0 Å². The Morgan fingerprint density at radius 3 is 2.58 bits per heavy atom. The van der Waals surface area contributed by atoms with Gasteiger partial charge in [-0.25, -0.2) is 0 Å². The quantitative estimate of drug-likeness (QED) is 0.474. The van der Waals surface area contributed by atoms with Crippen LogP contribution in [-0.4, -0.2) is 32.5 Å². The maximum atomic E-state index is 10.8. The van der Waals surface area contributed by atoms with Gasteiger partial charge in [0.05, 0.1) is 5.75 Å². The van der Waals surface area contributed by atoms with Crippen LogP contribution in [0.1, 0.15) is 6.92 Å². The fourth-order valence-corrected chi connectivity index (χ4v) is 0.700. The molecule has 0 aliphatic carbocycles. The molecule has 0 saturated carbocycles. The molecular weight excluding hydrogens is 180 g/mol. The SMILES string of the molecule is C=C(C)N(C)NC(=O)CS(=O)[O-]. The molecule has 70 valence electrons. The van der Waals surface area contributed by atoms with E-state index in [0.29, 0.717) is 5.70 Å². The van der Waals surface area contributed by atoms with Gasteiger partial charge < -0.3 is 4.55 Å². The van der Waals surface area contributed by atoms with Crippen molar-refractivity contribution in [3.8, 4) is 0 Å². The van der Waals surface area contributed by atoms with E-state index in [1.807, 2.05) is 0 Å². The van der Waals surface area contributed by atoms with Crippen LogP contribution in [0, 0.1) is 0 Å². The first-order valence-corrected chi connectivity index (χ1v) is 4.42. The van der Waals surface area contributed by atoms with Crippen molar-refractivity contribution in [2.45, 2.75) is 6.92 Å². The van der Waals surface area contributed by atoms with Gasteiger partial charge in [-0.15, -0.1) is 0 Å². The Morgan fingerprint density at radius 2 is 2.25 bits per heavy atom. The summed E-state index contributed by atoms with van der Waals surface area (Å²) in [7, 11) is 1.58. The smallest absolute Gasteiger partial charge is 0.249 e. The summed E-state index contributed by atoms with van der Waals surface area (Å²) in [6.45, 7) is 5.23. The minimum absolute atomic E-state index is 0.530. The summed E-state index contributed by atoms with van der Waals surface area (Å²) in [6.07, 6.45) is 0. The second-order valence-corrected chi connectivity index (χ2v) is 3.17. The predicted molar refractivity (Wildman–Crippen MR) is 44.5 cm³/mol. The van der Waals surface area contributed by atoms with Crippen LogP contribution in [0.15, 0.2) is 12.3 Å². The van der Waals surface area contributed by atoms with Crippen LogP contribution in [0.5, 0.6) is 0 Å². The molecule has 0 aromatic heterocycles. The zero-order valence-corrected chi connectivity index (χ0v) is 7.81. The average molecular weight is 191 g/mol. The topological polar surface area (TPSA) is 72.5 Å². The number of carbonyl (C=O) groups is 1. The lowest BCUT2D eigenvalue weighted by Gasteiger charge is -2.19. The van der Waals surface area contributed by atoms with Gasteiger partial charge >= 0.3 is 0 Å². The van der Waals surface area contributed by atoms with Crippen molar-refractivity contribution in [3.05, 3.63) is 12.3 Å². The summed E-state index contributed by atoms with van der Waals surface area (Å²) >= 11 is -2.34. The summed E-state index contributed by atoms with van der Waals surface area (Å²) in [4.78, 5) is 10.8. The molecule has 1 unspecified atom stereocenters. The third-order valence-corrected chi connectivity index (χ3v) is 1.61. The number of allylic oxidation sites excluding steroid dienone is 1. The van der Waals surface area contributed by atoms with Crippen LogP contribution in [0.2, 0.25) is 0 Å². The Balaban J connectivity index is 3.85. The molecule has 12 heavy (non-hydrogen) atoms. The first kappa shape index (κ1) is 11.1. The Hall–Kier alpha value is -0.880. The average Bonchev–Trinajstić information content (AvgIpc) is 1.84. The Morgan fingerprint density at radius 1 is 1.75 bits per heavy atom. The lowest BCUT2D eigenvalue weighted by Crippen LogP contribution is -2.40. The molecule has 1 amide bonds. The van der Waals surface area contributed by atoms with E-state index in [4.69, 9.17) is 0 Å². The highest BCUT2D eigenvalue weighted by Crippen LogP contribution is 1.89. The number of hydrogen-bond donors (Lipinski definition) is 1. The fraction of sp³-hybridized carbons (Fsp3) is 0.500. The van der Waals surface area contributed by atoms with Crippen molar-refractivity contribution in [3.63, 3.8) is 0 Å². The monoisotopic (exact) mass is 191 g/mol. The largest absolute Gasteiger partial charge is 0.772 e. The molecule has 0 heterocycles. The van der Waals surface area contributed by atoms with Crippen LogP contribution in [-0.2, 0) is 15.9 Å². The standard InChI is InChI=1S/C6H12N2O3S/c1-5(2)8(3)7-6(9)4-12(10)11/h1,4H2,2-3H3,(H,7,9)(H,10,11)/p-1. The van der Waals surface area contributed by atoms with Gasteiger partial charge in [-0.1, -0.05) is 6.58 Å². The van der Waals surface area contributed by atoms with E-state index < -0.39 is 22.7 Å². The van der Waals surface area contributed by atoms with Crippen molar-refractivity contribution in [1.29, 1.82) is 0 Å². The summed E-state index contributed by atoms with van der Waals surface area (Å²) < 4.78 is 20.1. The highest BCUT2D eigenvalue weighted by molar-refractivity contribution is 7.79. The van der Waals surface area contributed by atoms with E-state index in [9.17, 15) is 13.6 Å². The molecule has 0 radical (unpaired) electrons. The van der Waals surface area contributed by atoms with E-state index in [1.54, 1.807) is 14.0 Å². The first-order valence-electron chi connectivity index (χ1n) is 3.18. The summed E-state index contributed by atoms with van der Waals surface area (Å²) in [5.41, 5.74) is 2.94. The molecule has 0 saturated heterocycles. The molecule has 0 rings (SSSR count). The normalized spacial score (nSPS) is 11.9. The number of hydrazine groups is 1. The van der Waals surface area contributed by atoms with Crippen LogP contribution in [0.3, 0.4) is 0 Å². The lowest BCUT2D eigenvalue weighted by atomic mass is 10.5. The maximum absolute atomic E-state index is 10.8. The Labute approximate surface area is 73.7 Å². The number of nitrogens with one attached hydrogen (secondary N) is 1. The molecule has 0 bridgehead atoms. The van der Waals surface area contributed by atoms with Gasteiger partial charge in [-0.2, -0.15) is 0 Å². The van der Waals surface area contributed by atoms with Crippen LogP contribution in [0.4, 0.5) is 0 Å². The molecule has 6 heteroatoms. The lowest BCUT2D eigenvalue weighted by molar-refractivity contribution is -0.122. The van der Waals surface area contributed by atoms with Crippen molar-refractivity contribution >= 4 is 17.0 Å². The van der Waals surface area contributed by atoms with Crippen LogP contribution in [0.25, 0.3) is 0 Å². The molecular formula is C6H11N2O3S-. The van der Waals surface area contributed by atoms with E-state index >= 15 is 0 Å². The van der Waals surface area contributed by atoms with Crippen molar-refractivity contribution in [2.75, 3.05) is 12.8 Å². The van der Waals surface area contributed by atoms with Gasteiger partial charge in [0.2, 0.25) is 5.91 Å². The Kier molecular flexibility index (Phi) is 4.53. The van der Waals surface area contributed by atoms with Crippen molar-refractivity contribution < 1.29 is 13.6 Å². The number of hydrogen-bond acceptors (Lipinski definition) is 4. The molecule has 0 aromatic rings. The Bertz CT molecular complexity index is 217. The van der Waals surface area contributed by atoms with Gasteiger partial charge in [-0.05, 0) is 18.0 Å². The molecule has 5 nitrogen and oxygen atoms in total. The number of carbonyl (C=O) groups excluding carboxylic acids is 1. The van der Waals surface area contributed by atoms with Crippen molar-refractivity contribution in [2.24, 2.45) is 0 Å². The number of nitrogens with zero attached hydrogens (tertiary/aromatic N) is 1. The number of rotatable bonds is 4. The zero-order valence-electron chi connectivity index (χ0n) is 6.99. The van der Waals surface area contributed by atoms with Crippen molar-refractivity contribution in [1.82, 2.24) is 10.4 Å². The fourth-order valence-electron chi connectivity index (χ4n) is 0.422. The van der Waals surface area contributed by atoms with Gasteiger partial charge in [0.15, 0.2) is 0 Å². The highest BCUT2D eigenvalue weighted by atomic mass is 32.2. The van der Waals surface area contributed by atoms with E-state index in [1.165, 1.54) is 5.01 Å². The molecule has 1 N–H and O–H groups in total. The second kappa shape index (κ2) is 4.89. The minimum atomic E-state index is -2.34. The van der Waals surface area contributed by atoms with Crippen LogP contribution < -0.4 is 5.43 Å². The molecule has 1 atom stereocenters. The predicted octanol–water partition coefficient (Wildman–Crippen LogP) is -0.638. The molecule has 0 fully saturated rings. The van der Waals surface area contributed by atoms with Crippen LogP contribution >= 0.6 is 0 Å². The summed E-state index contributed by atoms with van der Waals surface area (Å²) in [5.74, 6) is -1.11. The second-order valence-electron chi connectivity index (χ2n) is 2.28. The first-order chi connectivity index (χ1) is 5.43. The molecule has 0 spiro atoms. The summed E-state index contributed by atoms with van der Waals surface area (Å²) in [6, 6.07) is 0. The minimum Gasteiger partial charge on any atom is -0.772 e. The molecule has 0 aliphatic rings. The summed E-state index contributed by atoms with van der Waals surface area (Å²) in [5, 5.41) is 1.36. The third-order valence-electron chi connectivity index (χ3n) is 1.11. The zero-order chi connectivity index (χ0) is 9.72. The maximum Gasteiger partial charge on any atom is 0.249 e. The molecule has 0 aliphatic heterocycles. The molecule has 0 aromatic carbocycles. The highest BCUT2D eigenvalue weighted by Gasteiger charge is 2.03. The van der Waals surface area contributed by atoms with E-state index in [-0.39, 0.29) is 0 Å². The van der Waals surface area contributed by atoms with Gasteiger partial charge in [0, 0.05) is 12.7 Å². The van der Waals surface area contributed by atoms with Gasteiger partial charge in [0.25, 0.3) is 0 Å². The van der Waals surface area contributed by atoms with E-state index in [0.717, 1.165) is 0 Å².